The molecule has 0 amide bonds. The Morgan fingerprint density at radius 2 is 1.82 bits per heavy atom. The van der Waals surface area contributed by atoms with Gasteiger partial charge in [-0.25, -0.2) is 17.8 Å². The van der Waals surface area contributed by atoms with Gasteiger partial charge in [0.05, 0.1) is 40.7 Å². The molecule has 5 aromatic rings. The van der Waals surface area contributed by atoms with Crippen molar-refractivity contribution >= 4 is 49.8 Å². The summed E-state index contributed by atoms with van der Waals surface area (Å²) in [7, 11) is -4.30. The number of halogens is 3. The van der Waals surface area contributed by atoms with Crippen molar-refractivity contribution in [1.29, 1.82) is 0 Å². The topological polar surface area (TPSA) is 98.2 Å². The highest BCUT2D eigenvalue weighted by atomic mass is 35.5. The molecule has 0 aliphatic rings. The zero-order valence-corrected chi connectivity index (χ0v) is 22.7. The lowest BCUT2D eigenvalue weighted by Gasteiger charge is -2.13. The van der Waals surface area contributed by atoms with Crippen molar-refractivity contribution in [2.24, 2.45) is 0 Å². The second-order valence-electron chi connectivity index (χ2n) is 8.55. The monoisotopic (exact) mass is 588 g/mol. The average Bonchev–Trinajstić information content (AvgIpc) is 3.58. The normalized spacial score (nSPS) is 11.6. The molecule has 39 heavy (non-hydrogen) atoms. The zero-order valence-electron chi connectivity index (χ0n) is 20.4. The molecule has 0 atom stereocenters. The number of nitrogens with one attached hydrogen (secondary N) is 2. The SMILES string of the molecule is O=S(=O)(Nc1ccc(Cl)c2c(Cl)c[nH]c12)c1cccc(OCCc2ccc(OCCn3ccnc3)cc2)c1F. The number of nitrogens with zero attached hydrogens (tertiary/aromatic N) is 2. The van der Waals surface area contributed by atoms with Crippen LogP contribution in [0.2, 0.25) is 10.0 Å². The maximum atomic E-state index is 15.2. The number of hydrogen-bond donors (Lipinski definition) is 2. The summed E-state index contributed by atoms with van der Waals surface area (Å²) in [6, 6.07) is 14.5. The first kappa shape index (κ1) is 26.9. The molecule has 0 spiro atoms. The summed E-state index contributed by atoms with van der Waals surface area (Å²) >= 11 is 12.3. The van der Waals surface area contributed by atoms with Crippen LogP contribution in [0.25, 0.3) is 10.9 Å². The maximum absolute atomic E-state index is 15.2. The van der Waals surface area contributed by atoms with Crippen molar-refractivity contribution in [2.75, 3.05) is 17.9 Å². The Bertz CT molecular complexity index is 1690. The lowest BCUT2D eigenvalue weighted by molar-refractivity contribution is 0.297. The van der Waals surface area contributed by atoms with Gasteiger partial charge in [-0.1, -0.05) is 41.4 Å². The predicted octanol–water partition coefficient (Wildman–Crippen LogP) is 6.31. The number of H-pyrrole nitrogens is 1. The number of imidazole rings is 1. The summed E-state index contributed by atoms with van der Waals surface area (Å²) < 4.78 is 57.1. The van der Waals surface area contributed by atoms with E-state index in [1.165, 1.54) is 36.5 Å². The molecule has 0 unspecified atom stereocenters. The number of hydrogen-bond acceptors (Lipinski definition) is 5. The minimum absolute atomic E-state index is 0.146. The van der Waals surface area contributed by atoms with E-state index < -0.39 is 20.7 Å². The quantitative estimate of drug-likeness (QED) is 0.188. The summed E-state index contributed by atoms with van der Waals surface area (Å²) in [4.78, 5) is 6.34. The van der Waals surface area contributed by atoms with E-state index in [4.69, 9.17) is 32.7 Å². The van der Waals surface area contributed by atoms with Crippen LogP contribution in [-0.2, 0) is 23.0 Å². The van der Waals surface area contributed by atoms with Crippen LogP contribution in [0.5, 0.6) is 11.5 Å². The van der Waals surface area contributed by atoms with Gasteiger partial charge in [0.15, 0.2) is 11.6 Å². The minimum Gasteiger partial charge on any atom is -0.492 e. The Morgan fingerprint density at radius 1 is 1.00 bits per heavy atom. The maximum Gasteiger partial charge on any atom is 0.265 e. The van der Waals surface area contributed by atoms with E-state index in [0.29, 0.717) is 40.5 Å². The molecule has 2 heterocycles. The molecule has 0 bridgehead atoms. The zero-order chi connectivity index (χ0) is 27.4. The number of sulfonamides is 1. The lowest BCUT2D eigenvalue weighted by Crippen LogP contribution is -2.15. The summed E-state index contributed by atoms with van der Waals surface area (Å²) in [6.45, 7) is 1.34. The van der Waals surface area contributed by atoms with Gasteiger partial charge in [-0.15, -0.1) is 0 Å². The third-order valence-electron chi connectivity index (χ3n) is 5.95. The highest BCUT2D eigenvalue weighted by Gasteiger charge is 2.24. The molecule has 202 valence electrons. The Hall–Kier alpha value is -3.73. The lowest BCUT2D eigenvalue weighted by atomic mass is 10.1. The van der Waals surface area contributed by atoms with Crippen LogP contribution in [-0.4, -0.2) is 36.2 Å². The molecule has 0 saturated carbocycles. The number of rotatable bonds is 11. The highest BCUT2D eigenvalue weighted by Crippen LogP contribution is 2.36. The summed E-state index contributed by atoms with van der Waals surface area (Å²) in [5.74, 6) is -0.418. The second-order valence-corrected chi connectivity index (χ2v) is 11.0. The van der Waals surface area contributed by atoms with E-state index >= 15 is 4.39 Å². The van der Waals surface area contributed by atoms with Crippen molar-refractivity contribution in [2.45, 2.75) is 17.9 Å². The molecule has 8 nitrogen and oxygen atoms in total. The van der Waals surface area contributed by atoms with E-state index in [1.807, 2.05) is 35.0 Å². The van der Waals surface area contributed by atoms with Gasteiger partial charge in [0.2, 0.25) is 0 Å². The fraction of sp³-hybridized carbons (Fsp3) is 0.148. The van der Waals surface area contributed by atoms with Crippen LogP contribution < -0.4 is 14.2 Å². The Morgan fingerprint density at radius 3 is 2.59 bits per heavy atom. The third-order valence-corrected chi connectivity index (χ3v) is 7.94. The van der Waals surface area contributed by atoms with Crippen molar-refractivity contribution in [3.05, 3.63) is 101 Å². The molecule has 0 saturated heterocycles. The second kappa shape index (κ2) is 11.6. The van der Waals surface area contributed by atoms with Gasteiger partial charge in [-0.05, 0) is 42.0 Å². The molecular weight excluding hydrogens is 566 g/mol. The fourth-order valence-corrected chi connectivity index (χ4v) is 5.70. The number of aromatic nitrogens is 3. The molecule has 2 aromatic heterocycles. The number of ether oxygens (including phenoxy) is 2. The summed E-state index contributed by atoms with van der Waals surface area (Å²) in [6.07, 6.45) is 7.29. The summed E-state index contributed by atoms with van der Waals surface area (Å²) in [5, 5.41) is 1.16. The molecule has 0 radical (unpaired) electrons. The molecule has 0 fully saturated rings. The van der Waals surface area contributed by atoms with Crippen LogP contribution in [0, 0.1) is 5.82 Å². The van der Waals surface area contributed by atoms with Crippen molar-refractivity contribution in [1.82, 2.24) is 14.5 Å². The largest absolute Gasteiger partial charge is 0.492 e. The van der Waals surface area contributed by atoms with Gasteiger partial charge < -0.3 is 19.0 Å². The average molecular weight is 589 g/mol. The number of fused-ring (bicyclic) bond motifs is 1. The van der Waals surface area contributed by atoms with Crippen LogP contribution in [0.15, 0.2) is 84.4 Å². The van der Waals surface area contributed by atoms with E-state index in [1.54, 1.807) is 12.5 Å². The van der Waals surface area contributed by atoms with Crippen molar-refractivity contribution < 1.29 is 22.3 Å². The molecule has 0 aliphatic heterocycles. The van der Waals surface area contributed by atoms with Crippen molar-refractivity contribution in [3.63, 3.8) is 0 Å². The molecule has 2 N–H and O–H groups in total. The van der Waals surface area contributed by atoms with Crippen LogP contribution >= 0.6 is 23.2 Å². The molecule has 5 rings (SSSR count). The summed E-state index contributed by atoms with van der Waals surface area (Å²) in [5.41, 5.74) is 1.53. The van der Waals surface area contributed by atoms with Gasteiger partial charge in [-0.3, -0.25) is 4.72 Å². The van der Waals surface area contributed by atoms with Crippen LogP contribution in [0.3, 0.4) is 0 Å². The Labute approximate surface area is 234 Å². The van der Waals surface area contributed by atoms with Gasteiger partial charge in [0.1, 0.15) is 17.3 Å². The first-order chi connectivity index (χ1) is 18.8. The third kappa shape index (κ3) is 6.13. The molecule has 3 aromatic carbocycles. The predicted molar refractivity (Wildman–Crippen MR) is 149 cm³/mol. The molecular formula is C27H23Cl2FN4O4S. The standard InChI is InChI=1S/C27H23Cl2FN4O4S/c28-20-8-9-22(27-25(20)21(29)16-32-27)33-39(35,36)24-3-1-2-23(26(24)30)38-14-10-18-4-6-19(7-5-18)37-15-13-34-12-11-31-17-34/h1-9,11-12,16-17,32-33H,10,13-15H2. The van der Waals surface area contributed by atoms with Crippen LogP contribution in [0.4, 0.5) is 10.1 Å². The number of aromatic amines is 1. The van der Waals surface area contributed by atoms with E-state index in [-0.39, 0.29) is 18.0 Å². The first-order valence-electron chi connectivity index (χ1n) is 11.9. The molecule has 0 aliphatic carbocycles. The van der Waals surface area contributed by atoms with Crippen molar-refractivity contribution in [3.8, 4) is 11.5 Å². The van der Waals surface area contributed by atoms with E-state index in [0.717, 1.165) is 11.3 Å². The van der Waals surface area contributed by atoms with Gasteiger partial charge >= 0.3 is 0 Å². The fourth-order valence-electron chi connectivity index (χ4n) is 3.98. The van der Waals surface area contributed by atoms with Gasteiger partial charge in [-0.2, -0.15) is 0 Å². The van der Waals surface area contributed by atoms with Gasteiger partial charge in [0, 0.05) is 30.4 Å². The Balaban J connectivity index is 1.20. The highest BCUT2D eigenvalue weighted by molar-refractivity contribution is 7.92. The molecule has 12 heteroatoms. The number of anilines is 1. The number of benzene rings is 3. The van der Waals surface area contributed by atoms with Crippen LogP contribution in [0.1, 0.15) is 5.56 Å². The Kier molecular flexibility index (Phi) is 7.97. The van der Waals surface area contributed by atoms with E-state index in [2.05, 4.69) is 14.7 Å². The van der Waals surface area contributed by atoms with E-state index in [9.17, 15) is 8.42 Å². The minimum atomic E-state index is -4.30. The van der Waals surface area contributed by atoms with Gasteiger partial charge in [0.25, 0.3) is 10.0 Å². The smallest absolute Gasteiger partial charge is 0.265 e. The first-order valence-corrected chi connectivity index (χ1v) is 14.1.